The third kappa shape index (κ3) is 2.15. The lowest BCUT2D eigenvalue weighted by Gasteiger charge is -2.00. The van der Waals surface area contributed by atoms with Crippen molar-refractivity contribution in [3.05, 3.63) is 22.5 Å². The normalized spacial score (nSPS) is 10.1. The van der Waals surface area contributed by atoms with Gasteiger partial charge in [0, 0.05) is 0 Å². The molecule has 1 heterocycles. The summed E-state index contributed by atoms with van der Waals surface area (Å²) in [6, 6.07) is 1.85. The molecule has 0 radical (unpaired) electrons. The summed E-state index contributed by atoms with van der Waals surface area (Å²) in [6.07, 6.45) is 2.08. The van der Waals surface area contributed by atoms with Gasteiger partial charge >= 0.3 is 0 Å². The van der Waals surface area contributed by atoms with Crippen LogP contribution in [-0.2, 0) is 6.42 Å². The first kappa shape index (κ1) is 8.47. The Bertz CT molecular complexity index is 248. The summed E-state index contributed by atoms with van der Waals surface area (Å²) in [5.74, 6) is 0. The van der Waals surface area contributed by atoms with Gasteiger partial charge in [0.25, 0.3) is 0 Å². The molecule has 0 amide bonds. The average molecular weight is 171 g/mol. The minimum absolute atomic E-state index is 0.474. The van der Waals surface area contributed by atoms with E-state index in [9.17, 15) is 0 Å². The molecular weight excluding hydrogens is 160 g/mol. The molecular formula is C8H11ClN2. The molecule has 1 aromatic rings. The van der Waals surface area contributed by atoms with E-state index >= 15 is 0 Å². The van der Waals surface area contributed by atoms with Gasteiger partial charge in [-0.05, 0) is 25.0 Å². The van der Waals surface area contributed by atoms with Crippen molar-refractivity contribution in [3.63, 3.8) is 0 Å². The molecule has 0 fully saturated rings. The topological polar surface area (TPSA) is 25.8 Å². The minimum Gasteiger partial charge on any atom is -0.154 e. The van der Waals surface area contributed by atoms with Gasteiger partial charge in [-0.2, -0.15) is 5.10 Å². The Hall–Kier alpha value is -0.630. The molecule has 0 aromatic carbocycles. The molecule has 0 spiro atoms. The maximum Gasteiger partial charge on any atom is 0.151 e. The lowest BCUT2D eigenvalue weighted by molar-refractivity contribution is 0.826. The molecule has 0 aliphatic rings. The Balaban J connectivity index is 2.90. The molecule has 1 aromatic heterocycles. The first-order valence-electron chi connectivity index (χ1n) is 3.72. The van der Waals surface area contributed by atoms with Crippen molar-refractivity contribution in [1.82, 2.24) is 10.2 Å². The molecule has 0 N–H and O–H groups in total. The van der Waals surface area contributed by atoms with Gasteiger partial charge in [0.15, 0.2) is 5.15 Å². The van der Waals surface area contributed by atoms with Crippen LogP contribution in [-0.4, -0.2) is 10.2 Å². The predicted molar refractivity (Wildman–Crippen MR) is 45.8 cm³/mol. The molecule has 1 rings (SSSR count). The summed E-state index contributed by atoms with van der Waals surface area (Å²) < 4.78 is 0. The Labute approximate surface area is 71.6 Å². The van der Waals surface area contributed by atoms with E-state index < -0.39 is 0 Å². The van der Waals surface area contributed by atoms with E-state index in [0.717, 1.165) is 24.1 Å². The van der Waals surface area contributed by atoms with Crippen molar-refractivity contribution in [3.8, 4) is 0 Å². The minimum atomic E-state index is 0.474. The molecule has 0 unspecified atom stereocenters. The standard InChI is InChI=1S/C8H11ClN2/c1-3-4-7-6(2)5-8(9)11-10-7/h5H,3-4H2,1-2H3. The quantitative estimate of drug-likeness (QED) is 0.681. The van der Waals surface area contributed by atoms with Crippen molar-refractivity contribution < 1.29 is 0 Å². The molecule has 0 bridgehead atoms. The largest absolute Gasteiger partial charge is 0.154 e. The number of halogens is 1. The fourth-order valence-electron chi connectivity index (χ4n) is 0.962. The smallest absolute Gasteiger partial charge is 0.151 e. The van der Waals surface area contributed by atoms with Crippen LogP contribution in [0.2, 0.25) is 5.15 Å². The maximum absolute atomic E-state index is 5.64. The average Bonchev–Trinajstić information content (AvgIpc) is 1.95. The molecule has 2 nitrogen and oxygen atoms in total. The van der Waals surface area contributed by atoms with Crippen molar-refractivity contribution in [2.75, 3.05) is 0 Å². The highest BCUT2D eigenvalue weighted by atomic mass is 35.5. The lowest BCUT2D eigenvalue weighted by atomic mass is 10.1. The predicted octanol–water partition coefficient (Wildman–Crippen LogP) is 2.39. The van der Waals surface area contributed by atoms with Crippen LogP contribution in [0.3, 0.4) is 0 Å². The molecule has 0 aliphatic carbocycles. The van der Waals surface area contributed by atoms with Gasteiger partial charge in [0.1, 0.15) is 0 Å². The van der Waals surface area contributed by atoms with Crippen LogP contribution in [0.5, 0.6) is 0 Å². The molecule has 3 heteroatoms. The summed E-state index contributed by atoms with van der Waals surface area (Å²) >= 11 is 5.64. The zero-order valence-corrected chi connectivity index (χ0v) is 7.52. The number of nitrogens with zero attached hydrogens (tertiary/aromatic N) is 2. The summed E-state index contributed by atoms with van der Waals surface area (Å²) in [6.45, 7) is 4.13. The summed E-state index contributed by atoms with van der Waals surface area (Å²) in [5, 5.41) is 8.23. The number of hydrogen-bond donors (Lipinski definition) is 0. The van der Waals surface area contributed by atoms with Crippen molar-refractivity contribution >= 4 is 11.6 Å². The van der Waals surface area contributed by atoms with Crippen LogP contribution < -0.4 is 0 Å². The van der Waals surface area contributed by atoms with Gasteiger partial charge < -0.3 is 0 Å². The van der Waals surface area contributed by atoms with E-state index in [0.29, 0.717) is 5.15 Å². The first-order chi connectivity index (χ1) is 5.24. The fraction of sp³-hybridized carbons (Fsp3) is 0.500. The number of hydrogen-bond acceptors (Lipinski definition) is 2. The highest BCUT2D eigenvalue weighted by Gasteiger charge is 1.99. The fourth-order valence-corrected chi connectivity index (χ4v) is 1.16. The van der Waals surface area contributed by atoms with Crippen molar-refractivity contribution in [2.45, 2.75) is 26.7 Å². The summed E-state index contributed by atoms with van der Waals surface area (Å²) in [7, 11) is 0. The van der Waals surface area contributed by atoms with E-state index in [1.807, 2.05) is 13.0 Å². The highest BCUT2D eigenvalue weighted by Crippen LogP contribution is 2.10. The summed E-state index contributed by atoms with van der Waals surface area (Å²) in [4.78, 5) is 0. The van der Waals surface area contributed by atoms with E-state index in [1.165, 1.54) is 0 Å². The second kappa shape index (κ2) is 3.67. The van der Waals surface area contributed by atoms with E-state index in [-0.39, 0.29) is 0 Å². The molecule has 0 saturated heterocycles. The Kier molecular flexibility index (Phi) is 2.83. The van der Waals surface area contributed by atoms with Crippen LogP contribution >= 0.6 is 11.6 Å². The van der Waals surface area contributed by atoms with Crippen LogP contribution in [0, 0.1) is 6.92 Å². The van der Waals surface area contributed by atoms with Gasteiger partial charge in [0.05, 0.1) is 5.69 Å². The number of aryl methyl sites for hydroxylation is 2. The zero-order valence-electron chi connectivity index (χ0n) is 6.76. The van der Waals surface area contributed by atoms with Gasteiger partial charge in [-0.3, -0.25) is 0 Å². The van der Waals surface area contributed by atoms with Gasteiger partial charge in [-0.25, -0.2) is 0 Å². The molecule has 0 saturated carbocycles. The summed E-state index contributed by atoms with van der Waals surface area (Å²) in [5.41, 5.74) is 2.18. The first-order valence-corrected chi connectivity index (χ1v) is 4.10. The van der Waals surface area contributed by atoms with E-state index in [2.05, 4.69) is 17.1 Å². The Morgan fingerprint density at radius 3 is 2.73 bits per heavy atom. The van der Waals surface area contributed by atoms with Crippen LogP contribution in [0.4, 0.5) is 0 Å². The van der Waals surface area contributed by atoms with Crippen molar-refractivity contribution in [2.24, 2.45) is 0 Å². The highest BCUT2D eigenvalue weighted by molar-refractivity contribution is 6.29. The van der Waals surface area contributed by atoms with Crippen molar-refractivity contribution in [1.29, 1.82) is 0 Å². The molecule has 11 heavy (non-hydrogen) atoms. The van der Waals surface area contributed by atoms with Crippen LogP contribution in [0.15, 0.2) is 6.07 Å². The third-order valence-electron chi connectivity index (χ3n) is 1.54. The van der Waals surface area contributed by atoms with E-state index in [1.54, 1.807) is 0 Å². The monoisotopic (exact) mass is 170 g/mol. The number of rotatable bonds is 2. The SMILES string of the molecule is CCCc1nnc(Cl)cc1C. The molecule has 60 valence electrons. The zero-order chi connectivity index (χ0) is 8.27. The number of aromatic nitrogens is 2. The second-order valence-electron chi connectivity index (χ2n) is 2.55. The Morgan fingerprint density at radius 1 is 1.45 bits per heavy atom. The van der Waals surface area contributed by atoms with Gasteiger partial charge in [0.2, 0.25) is 0 Å². The third-order valence-corrected chi connectivity index (χ3v) is 1.73. The van der Waals surface area contributed by atoms with Crippen LogP contribution in [0.1, 0.15) is 24.6 Å². The van der Waals surface area contributed by atoms with E-state index in [4.69, 9.17) is 11.6 Å². The lowest BCUT2D eigenvalue weighted by Crippen LogP contribution is -1.95. The Morgan fingerprint density at radius 2 is 2.18 bits per heavy atom. The van der Waals surface area contributed by atoms with Gasteiger partial charge in [-0.1, -0.05) is 24.9 Å². The molecule has 0 atom stereocenters. The second-order valence-corrected chi connectivity index (χ2v) is 2.93. The maximum atomic E-state index is 5.64. The van der Waals surface area contributed by atoms with Crippen LogP contribution in [0.25, 0.3) is 0 Å². The van der Waals surface area contributed by atoms with Gasteiger partial charge in [-0.15, -0.1) is 5.10 Å². The molecule has 0 aliphatic heterocycles.